The molecule has 1 saturated heterocycles. The highest BCUT2D eigenvalue weighted by Gasteiger charge is 2.45. The van der Waals surface area contributed by atoms with Crippen LogP contribution in [0.25, 0.3) is 0 Å². The summed E-state index contributed by atoms with van der Waals surface area (Å²) in [5, 5.41) is 12.1. The lowest BCUT2D eigenvalue weighted by atomic mass is 9.86. The molecule has 0 aliphatic carbocycles. The van der Waals surface area contributed by atoms with E-state index in [9.17, 15) is 9.90 Å². The van der Waals surface area contributed by atoms with Crippen molar-refractivity contribution in [3.8, 4) is 0 Å². The standard InChI is InChI=1S/C13H16BrNO3/c14-11-4-2-1-3-10(11)5-6-15-12(17)13(7-16)8-18-9-13/h1-4,16H,5-9H2,(H,15,17). The van der Waals surface area contributed by atoms with Crippen molar-refractivity contribution in [2.24, 2.45) is 5.41 Å². The molecule has 1 fully saturated rings. The molecule has 4 nitrogen and oxygen atoms in total. The molecule has 0 atom stereocenters. The number of nitrogens with one attached hydrogen (secondary N) is 1. The summed E-state index contributed by atoms with van der Waals surface area (Å²) >= 11 is 3.47. The van der Waals surface area contributed by atoms with Crippen molar-refractivity contribution in [2.75, 3.05) is 26.4 Å². The Hall–Kier alpha value is -0.910. The number of halogens is 1. The topological polar surface area (TPSA) is 58.6 Å². The van der Waals surface area contributed by atoms with Crippen molar-refractivity contribution in [1.82, 2.24) is 5.32 Å². The van der Waals surface area contributed by atoms with Crippen LogP contribution in [-0.4, -0.2) is 37.4 Å². The molecule has 0 spiro atoms. The summed E-state index contributed by atoms with van der Waals surface area (Å²) in [6.45, 7) is 1.02. The second kappa shape index (κ2) is 5.82. The fourth-order valence-corrected chi connectivity index (χ4v) is 2.33. The summed E-state index contributed by atoms with van der Waals surface area (Å²) in [5.74, 6) is -0.122. The van der Waals surface area contributed by atoms with Gasteiger partial charge >= 0.3 is 0 Å². The SMILES string of the molecule is O=C(NCCc1ccccc1Br)C1(CO)COC1. The molecule has 0 radical (unpaired) electrons. The van der Waals surface area contributed by atoms with E-state index in [2.05, 4.69) is 21.2 Å². The number of ether oxygens (including phenoxy) is 1. The Labute approximate surface area is 114 Å². The van der Waals surface area contributed by atoms with Gasteiger partial charge in [-0.1, -0.05) is 34.1 Å². The third kappa shape index (κ3) is 2.74. The van der Waals surface area contributed by atoms with Crippen molar-refractivity contribution in [2.45, 2.75) is 6.42 Å². The highest BCUT2D eigenvalue weighted by molar-refractivity contribution is 9.10. The van der Waals surface area contributed by atoms with Crippen LogP contribution in [0.1, 0.15) is 5.56 Å². The first-order chi connectivity index (χ1) is 8.68. The Bertz CT molecular complexity index is 426. The Kier molecular flexibility index (Phi) is 4.37. The predicted octanol–water partition coefficient (Wildman–Crippen LogP) is 1.12. The third-order valence-electron chi connectivity index (χ3n) is 3.18. The quantitative estimate of drug-likeness (QED) is 0.856. The van der Waals surface area contributed by atoms with Gasteiger partial charge in [0.1, 0.15) is 5.41 Å². The van der Waals surface area contributed by atoms with Gasteiger partial charge in [-0.05, 0) is 18.1 Å². The van der Waals surface area contributed by atoms with E-state index in [1.54, 1.807) is 0 Å². The number of carbonyl (C=O) groups excluding carboxylic acids is 1. The molecular formula is C13H16BrNO3. The van der Waals surface area contributed by atoms with Gasteiger partial charge in [0.15, 0.2) is 0 Å². The number of amides is 1. The average molecular weight is 314 g/mol. The number of hydrogen-bond acceptors (Lipinski definition) is 3. The summed E-state index contributed by atoms with van der Waals surface area (Å²) < 4.78 is 6.05. The van der Waals surface area contributed by atoms with Crippen LogP contribution < -0.4 is 5.32 Å². The van der Waals surface area contributed by atoms with Gasteiger partial charge < -0.3 is 15.2 Å². The summed E-state index contributed by atoms with van der Waals surface area (Å²) in [5.41, 5.74) is 0.439. The zero-order chi connectivity index (χ0) is 13.0. The number of rotatable bonds is 5. The van der Waals surface area contributed by atoms with Gasteiger partial charge in [0.25, 0.3) is 0 Å². The molecule has 0 saturated carbocycles. The van der Waals surface area contributed by atoms with Crippen LogP contribution >= 0.6 is 15.9 Å². The molecule has 2 rings (SSSR count). The van der Waals surface area contributed by atoms with Crippen molar-refractivity contribution < 1.29 is 14.6 Å². The lowest BCUT2D eigenvalue weighted by Crippen LogP contribution is -2.56. The third-order valence-corrected chi connectivity index (χ3v) is 3.95. The van der Waals surface area contributed by atoms with E-state index in [-0.39, 0.29) is 12.5 Å². The van der Waals surface area contributed by atoms with Crippen molar-refractivity contribution in [3.63, 3.8) is 0 Å². The van der Waals surface area contributed by atoms with E-state index in [4.69, 9.17) is 4.74 Å². The van der Waals surface area contributed by atoms with Crippen LogP contribution in [0.5, 0.6) is 0 Å². The van der Waals surface area contributed by atoms with Gasteiger partial charge in [-0.15, -0.1) is 0 Å². The molecule has 2 N–H and O–H groups in total. The smallest absolute Gasteiger partial charge is 0.233 e. The Morgan fingerprint density at radius 2 is 2.17 bits per heavy atom. The zero-order valence-corrected chi connectivity index (χ0v) is 11.6. The summed E-state index contributed by atoms with van der Waals surface area (Å²) in [6, 6.07) is 7.92. The summed E-state index contributed by atoms with van der Waals surface area (Å²) in [6.07, 6.45) is 0.759. The summed E-state index contributed by atoms with van der Waals surface area (Å²) in [7, 11) is 0. The molecule has 1 aliphatic heterocycles. The Balaban J connectivity index is 1.82. The first-order valence-electron chi connectivity index (χ1n) is 5.88. The first kappa shape index (κ1) is 13.5. The number of aliphatic hydroxyl groups excluding tert-OH is 1. The van der Waals surface area contributed by atoms with Gasteiger partial charge in [-0.25, -0.2) is 0 Å². The van der Waals surface area contributed by atoms with E-state index in [1.165, 1.54) is 0 Å². The number of hydrogen-bond donors (Lipinski definition) is 2. The average Bonchev–Trinajstić information content (AvgIpc) is 2.31. The molecule has 5 heteroatoms. The zero-order valence-electron chi connectivity index (χ0n) is 9.99. The van der Waals surface area contributed by atoms with Crippen LogP contribution in [0.2, 0.25) is 0 Å². The van der Waals surface area contributed by atoms with Gasteiger partial charge in [-0.2, -0.15) is 0 Å². The minimum absolute atomic E-state index is 0.122. The largest absolute Gasteiger partial charge is 0.395 e. The Morgan fingerprint density at radius 1 is 1.44 bits per heavy atom. The first-order valence-corrected chi connectivity index (χ1v) is 6.67. The molecule has 0 bridgehead atoms. The molecular weight excluding hydrogens is 298 g/mol. The highest BCUT2D eigenvalue weighted by Crippen LogP contribution is 2.26. The van der Waals surface area contributed by atoms with E-state index in [0.717, 1.165) is 16.5 Å². The molecule has 0 aromatic heterocycles. The van der Waals surface area contributed by atoms with Crippen LogP contribution in [0, 0.1) is 5.41 Å². The van der Waals surface area contributed by atoms with E-state index < -0.39 is 5.41 Å². The lowest BCUT2D eigenvalue weighted by molar-refractivity contribution is -0.169. The maximum absolute atomic E-state index is 11.9. The molecule has 1 heterocycles. The molecule has 0 unspecified atom stereocenters. The minimum Gasteiger partial charge on any atom is -0.395 e. The van der Waals surface area contributed by atoms with Crippen LogP contribution in [0.3, 0.4) is 0 Å². The van der Waals surface area contributed by atoms with E-state index in [1.807, 2.05) is 24.3 Å². The molecule has 1 aromatic carbocycles. The van der Waals surface area contributed by atoms with Crippen LogP contribution in [0.4, 0.5) is 0 Å². The molecule has 18 heavy (non-hydrogen) atoms. The fraction of sp³-hybridized carbons (Fsp3) is 0.462. The lowest BCUT2D eigenvalue weighted by Gasteiger charge is -2.38. The second-order valence-corrected chi connectivity index (χ2v) is 5.38. The number of benzene rings is 1. The molecule has 1 amide bonds. The normalized spacial score (nSPS) is 17.0. The molecule has 1 aliphatic rings. The van der Waals surface area contributed by atoms with E-state index >= 15 is 0 Å². The monoisotopic (exact) mass is 313 g/mol. The molecule has 1 aromatic rings. The van der Waals surface area contributed by atoms with Crippen LogP contribution in [-0.2, 0) is 16.0 Å². The number of aliphatic hydroxyl groups is 1. The minimum atomic E-state index is -0.714. The highest BCUT2D eigenvalue weighted by atomic mass is 79.9. The summed E-state index contributed by atoms with van der Waals surface area (Å²) in [4.78, 5) is 11.9. The second-order valence-electron chi connectivity index (χ2n) is 4.53. The predicted molar refractivity (Wildman–Crippen MR) is 71.2 cm³/mol. The van der Waals surface area contributed by atoms with E-state index in [0.29, 0.717) is 19.8 Å². The maximum Gasteiger partial charge on any atom is 0.233 e. The maximum atomic E-state index is 11.9. The van der Waals surface area contributed by atoms with Crippen molar-refractivity contribution in [3.05, 3.63) is 34.3 Å². The van der Waals surface area contributed by atoms with Gasteiger partial charge in [0.05, 0.1) is 19.8 Å². The van der Waals surface area contributed by atoms with Crippen LogP contribution in [0.15, 0.2) is 28.7 Å². The van der Waals surface area contributed by atoms with Crippen molar-refractivity contribution in [1.29, 1.82) is 0 Å². The van der Waals surface area contributed by atoms with Crippen molar-refractivity contribution >= 4 is 21.8 Å². The van der Waals surface area contributed by atoms with Gasteiger partial charge in [-0.3, -0.25) is 4.79 Å². The number of carbonyl (C=O) groups is 1. The Morgan fingerprint density at radius 3 is 2.72 bits per heavy atom. The van der Waals surface area contributed by atoms with Gasteiger partial charge in [0, 0.05) is 11.0 Å². The van der Waals surface area contributed by atoms with Gasteiger partial charge in [0.2, 0.25) is 5.91 Å². The fourth-order valence-electron chi connectivity index (χ4n) is 1.84. The molecule has 98 valence electrons.